The number of hydrogen-bond donors (Lipinski definition) is 2. The Morgan fingerprint density at radius 2 is 2.13 bits per heavy atom. The molecule has 4 nitrogen and oxygen atoms in total. The molecule has 1 fully saturated rings. The molecular formula is C18H29FN4. The van der Waals surface area contributed by atoms with Crippen molar-refractivity contribution < 1.29 is 4.39 Å². The third-order valence-corrected chi connectivity index (χ3v) is 4.32. The van der Waals surface area contributed by atoms with E-state index in [4.69, 9.17) is 0 Å². The van der Waals surface area contributed by atoms with Gasteiger partial charge in [0.1, 0.15) is 5.82 Å². The van der Waals surface area contributed by atoms with Crippen LogP contribution in [-0.2, 0) is 6.54 Å². The van der Waals surface area contributed by atoms with Gasteiger partial charge < -0.3 is 15.5 Å². The van der Waals surface area contributed by atoms with Crippen molar-refractivity contribution in [2.45, 2.75) is 33.2 Å². The van der Waals surface area contributed by atoms with Crippen molar-refractivity contribution in [2.24, 2.45) is 10.9 Å². The van der Waals surface area contributed by atoms with Crippen molar-refractivity contribution in [1.82, 2.24) is 15.5 Å². The third kappa shape index (κ3) is 5.82. The lowest BCUT2D eigenvalue weighted by molar-refractivity contribution is 0.183. The standard InChI is InChI=1S/C18H29FN4/c1-3-20-18(22-13-16-9-5-6-10-17(16)19)21-12-15-8-7-11-23(4-2)14-15/h5-6,9-10,15H,3-4,7-8,11-14H2,1-2H3,(H2,20,21,22). The van der Waals surface area contributed by atoms with Crippen molar-refractivity contribution in [1.29, 1.82) is 0 Å². The van der Waals surface area contributed by atoms with Gasteiger partial charge >= 0.3 is 0 Å². The summed E-state index contributed by atoms with van der Waals surface area (Å²) in [6, 6.07) is 6.80. The van der Waals surface area contributed by atoms with E-state index in [-0.39, 0.29) is 5.82 Å². The molecule has 0 aromatic heterocycles. The van der Waals surface area contributed by atoms with Gasteiger partial charge in [-0.2, -0.15) is 0 Å². The molecule has 2 N–H and O–H groups in total. The molecule has 1 saturated heterocycles. The molecule has 1 aliphatic heterocycles. The molecule has 1 aromatic carbocycles. The van der Waals surface area contributed by atoms with Crippen LogP contribution in [-0.4, -0.2) is 43.6 Å². The number of likely N-dealkylation sites (tertiary alicyclic amines) is 1. The highest BCUT2D eigenvalue weighted by molar-refractivity contribution is 5.79. The molecule has 2 rings (SSSR count). The Kier molecular flexibility index (Phi) is 7.33. The molecule has 128 valence electrons. The molecule has 5 heteroatoms. The largest absolute Gasteiger partial charge is 0.357 e. The Bertz CT molecular complexity index is 504. The van der Waals surface area contributed by atoms with Gasteiger partial charge in [0.2, 0.25) is 0 Å². The second kappa shape index (κ2) is 9.50. The van der Waals surface area contributed by atoms with Crippen molar-refractivity contribution in [2.75, 3.05) is 32.7 Å². The Morgan fingerprint density at radius 1 is 1.30 bits per heavy atom. The highest BCUT2D eigenvalue weighted by atomic mass is 19.1. The maximum atomic E-state index is 13.7. The van der Waals surface area contributed by atoms with Gasteiger partial charge in [0.15, 0.2) is 5.96 Å². The van der Waals surface area contributed by atoms with Crippen LogP contribution in [0, 0.1) is 11.7 Å². The summed E-state index contributed by atoms with van der Waals surface area (Å²) in [6.45, 7) is 9.82. The summed E-state index contributed by atoms with van der Waals surface area (Å²) in [5.41, 5.74) is 0.625. The summed E-state index contributed by atoms with van der Waals surface area (Å²) >= 11 is 0. The fourth-order valence-electron chi connectivity index (χ4n) is 2.98. The number of hydrogen-bond acceptors (Lipinski definition) is 2. The van der Waals surface area contributed by atoms with Crippen molar-refractivity contribution >= 4 is 5.96 Å². The SMILES string of the molecule is CCNC(=NCc1ccccc1F)NCC1CCCN(CC)C1. The predicted octanol–water partition coefficient (Wildman–Crippen LogP) is 2.61. The Labute approximate surface area is 139 Å². The number of nitrogens with one attached hydrogen (secondary N) is 2. The Hall–Kier alpha value is -1.62. The van der Waals surface area contributed by atoms with Gasteiger partial charge in [-0.1, -0.05) is 25.1 Å². The van der Waals surface area contributed by atoms with Crippen LogP contribution in [0.25, 0.3) is 0 Å². The zero-order chi connectivity index (χ0) is 16.5. The molecule has 1 unspecified atom stereocenters. The predicted molar refractivity (Wildman–Crippen MR) is 94.1 cm³/mol. The highest BCUT2D eigenvalue weighted by Crippen LogP contribution is 2.15. The van der Waals surface area contributed by atoms with Gasteiger partial charge in [-0.25, -0.2) is 9.38 Å². The lowest BCUT2D eigenvalue weighted by Crippen LogP contribution is -2.44. The fourth-order valence-corrected chi connectivity index (χ4v) is 2.98. The van der Waals surface area contributed by atoms with Gasteiger partial charge in [0.25, 0.3) is 0 Å². The molecule has 1 heterocycles. The molecule has 0 spiro atoms. The molecular weight excluding hydrogens is 291 g/mol. The van der Waals surface area contributed by atoms with Crippen molar-refractivity contribution in [3.8, 4) is 0 Å². The highest BCUT2D eigenvalue weighted by Gasteiger charge is 2.18. The van der Waals surface area contributed by atoms with E-state index < -0.39 is 0 Å². The molecule has 23 heavy (non-hydrogen) atoms. The topological polar surface area (TPSA) is 39.7 Å². The van der Waals surface area contributed by atoms with Gasteiger partial charge in [0, 0.05) is 25.2 Å². The number of benzene rings is 1. The molecule has 1 aromatic rings. The molecule has 1 aliphatic rings. The van der Waals surface area contributed by atoms with E-state index in [1.54, 1.807) is 12.1 Å². The van der Waals surface area contributed by atoms with Gasteiger partial charge in [-0.15, -0.1) is 0 Å². The number of halogens is 1. The van der Waals surface area contributed by atoms with Gasteiger partial charge in [0.05, 0.1) is 6.54 Å². The van der Waals surface area contributed by atoms with Crippen molar-refractivity contribution in [3.05, 3.63) is 35.6 Å². The first-order valence-electron chi connectivity index (χ1n) is 8.70. The van der Waals surface area contributed by atoms with Gasteiger partial charge in [-0.05, 0) is 44.8 Å². The molecule has 1 atom stereocenters. The van der Waals surface area contributed by atoms with Crippen LogP contribution in [0.2, 0.25) is 0 Å². The van der Waals surface area contributed by atoms with E-state index >= 15 is 0 Å². The van der Waals surface area contributed by atoms with Crippen LogP contribution in [0.3, 0.4) is 0 Å². The number of guanidine groups is 1. The van der Waals surface area contributed by atoms with E-state index in [2.05, 4.69) is 27.4 Å². The third-order valence-electron chi connectivity index (χ3n) is 4.32. The van der Waals surface area contributed by atoms with Crippen LogP contribution in [0.1, 0.15) is 32.3 Å². The second-order valence-corrected chi connectivity index (χ2v) is 6.07. The summed E-state index contributed by atoms with van der Waals surface area (Å²) in [6.07, 6.45) is 2.53. The minimum atomic E-state index is -0.196. The normalized spacial score (nSPS) is 19.6. The average Bonchev–Trinajstić information content (AvgIpc) is 2.59. The maximum Gasteiger partial charge on any atom is 0.191 e. The second-order valence-electron chi connectivity index (χ2n) is 6.07. The molecule has 0 radical (unpaired) electrons. The van der Waals surface area contributed by atoms with Crippen LogP contribution < -0.4 is 10.6 Å². The zero-order valence-electron chi connectivity index (χ0n) is 14.3. The maximum absolute atomic E-state index is 13.7. The van der Waals surface area contributed by atoms with E-state index in [0.29, 0.717) is 18.0 Å². The monoisotopic (exact) mass is 320 g/mol. The fraction of sp³-hybridized carbons (Fsp3) is 0.611. The molecule has 0 saturated carbocycles. The Morgan fingerprint density at radius 3 is 2.87 bits per heavy atom. The molecule has 0 bridgehead atoms. The van der Waals surface area contributed by atoms with Crippen LogP contribution in [0.5, 0.6) is 0 Å². The van der Waals surface area contributed by atoms with Crippen LogP contribution >= 0.6 is 0 Å². The Balaban J connectivity index is 1.88. The summed E-state index contributed by atoms with van der Waals surface area (Å²) in [4.78, 5) is 7.01. The first-order chi connectivity index (χ1) is 11.2. The van der Waals surface area contributed by atoms with E-state index in [9.17, 15) is 4.39 Å². The number of rotatable bonds is 6. The number of nitrogens with zero attached hydrogens (tertiary/aromatic N) is 2. The van der Waals surface area contributed by atoms with E-state index in [0.717, 1.165) is 32.1 Å². The summed E-state index contributed by atoms with van der Waals surface area (Å²) in [5.74, 6) is 1.23. The zero-order valence-corrected chi connectivity index (χ0v) is 14.3. The minimum Gasteiger partial charge on any atom is -0.357 e. The molecule has 0 amide bonds. The van der Waals surface area contributed by atoms with E-state index in [1.807, 2.05) is 13.0 Å². The summed E-state index contributed by atoms with van der Waals surface area (Å²) < 4.78 is 13.7. The average molecular weight is 320 g/mol. The van der Waals surface area contributed by atoms with E-state index in [1.165, 1.54) is 25.5 Å². The summed E-state index contributed by atoms with van der Waals surface area (Å²) in [5, 5.41) is 6.65. The first-order valence-corrected chi connectivity index (χ1v) is 8.70. The summed E-state index contributed by atoms with van der Waals surface area (Å²) in [7, 11) is 0. The number of piperidine rings is 1. The smallest absolute Gasteiger partial charge is 0.191 e. The van der Waals surface area contributed by atoms with Crippen LogP contribution in [0.15, 0.2) is 29.3 Å². The van der Waals surface area contributed by atoms with Crippen molar-refractivity contribution in [3.63, 3.8) is 0 Å². The lowest BCUT2D eigenvalue weighted by atomic mass is 9.98. The lowest BCUT2D eigenvalue weighted by Gasteiger charge is -2.32. The number of aliphatic imine (C=N–C) groups is 1. The van der Waals surface area contributed by atoms with Gasteiger partial charge in [-0.3, -0.25) is 0 Å². The molecule has 0 aliphatic carbocycles. The van der Waals surface area contributed by atoms with Crippen LogP contribution in [0.4, 0.5) is 4.39 Å². The first kappa shape index (κ1) is 17.7. The quantitative estimate of drug-likeness (QED) is 0.625. The minimum absolute atomic E-state index is 0.196.